The van der Waals surface area contributed by atoms with Crippen LogP contribution in [0.1, 0.15) is 5.56 Å². The maximum absolute atomic E-state index is 5.16. The van der Waals surface area contributed by atoms with E-state index in [1.165, 1.54) is 16.7 Å². The van der Waals surface area contributed by atoms with E-state index in [0.29, 0.717) is 0 Å². The average Bonchev–Trinajstić information content (AvgIpc) is 2.39. The molecule has 0 fully saturated rings. The van der Waals surface area contributed by atoms with Gasteiger partial charge in [-0.2, -0.15) is 0 Å². The first-order valence-electron chi connectivity index (χ1n) is 6.10. The summed E-state index contributed by atoms with van der Waals surface area (Å²) < 4.78 is 5.16. The van der Waals surface area contributed by atoms with Crippen LogP contribution < -0.4 is 15.1 Å². The van der Waals surface area contributed by atoms with Crippen LogP contribution in [0.25, 0.3) is 0 Å². The summed E-state index contributed by atoms with van der Waals surface area (Å²) >= 11 is 0. The minimum absolute atomic E-state index is 0.896. The number of benzene rings is 2. The third kappa shape index (κ3) is 3.07. The van der Waals surface area contributed by atoms with Crippen molar-refractivity contribution in [1.82, 2.24) is 0 Å². The lowest BCUT2D eigenvalue weighted by atomic mass is 9.96. The van der Waals surface area contributed by atoms with Crippen LogP contribution in [0.3, 0.4) is 0 Å². The van der Waals surface area contributed by atoms with E-state index in [4.69, 9.17) is 4.74 Å². The number of hydrogen-bond donors (Lipinski definition) is 0. The Morgan fingerprint density at radius 3 is 2.44 bits per heavy atom. The summed E-state index contributed by atoms with van der Waals surface area (Å²) in [5.74, 6) is 0.900. The summed E-state index contributed by atoms with van der Waals surface area (Å²) in [6, 6.07) is 16.7. The molecule has 0 amide bonds. The highest BCUT2D eigenvalue weighted by atomic mass is 16.5. The van der Waals surface area contributed by atoms with Crippen molar-refractivity contribution in [3.8, 4) is 5.75 Å². The molecule has 0 atom stereocenters. The molecule has 2 aromatic rings. The van der Waals surface area contributed by atoms with Gasteiger partial charge in [-0.1, -0.05) is 29.7 Å². The SMILES string of the molecule is Bc1cccc(N(C)Cc2ccc(OC)cc2)c1. The highest BCUT2D eigenvalue weighted by Gasteiger charge is 2.02. The second kappa shape index (κ2) is 5.63. The maximum Gasteiger partial charge on any atom is 0.139 e. The van der Waals surface area contributed by atoms with Crippen molar-refractivity contribution in [2.24, 2.45) is 0 Å². The van der Waals surface area contributed by atoms with E-state index < -0.39 is 0 Å². The van der Waals surface area contributed by atoms with E-state index in [2.05, 4.69) is 56.2 Å². The monoisotopic (exact) mass is 239 g/mol. The number of nitrogens with zero attached hydrogens (tertiary/aromatic N) is 1. The fraction of sp³-hybridized carbons (Fsp3) is 0.200. The quantitative estimate of drug-likeness (QED) is 0.751. The third-order valence-corrected chi connectivity index (χ3v) is 3.02. The molecule has 0 aromatic heterocycles. The van der Waals surface area contributed by atoms with Gasteiger partial charge in [-0.15, -0.1) is 0 Å². The van der Waals surface area contributed by atoms with Gasteiger partial charge in [-0.3, -0.25) is 0 Å². The van der Waals surface area contributed by atoms with Gasteiger partial charge in [0.05, 0.1) is 7.11 Å². The van der Waals surface area contributed by atoms with Crippen molar-refractivity contribution in [2.45, 2.75) is 6.54 Å². The zero-order chi connectivity index (χ0) is 13.0. The molecule has 92 valence electrons. The number of anilines is 1. The Bertz CT molecular complexity index is 510. The average molecular weight is 239 g/mol. The van der Waals surface area contributed by atoms with Crippen molar-refractivity contribution >= 4 is 19.0 Å². The van der Waals surface area contributed by atoms with Gasteiger partial charge in [-0.25, -0.2) is 0 Å². The fourth-order valence-corrected chi connectivity index (χ4v) is 1.96. The van der Waals surface area contributed by atoms with Crippen molar-refractivity contribution in [3.63, 3.8) is 0 Å². The molecule has 0 aliphatic carbocycles. The normalized spacial score (nSPS) is 10.1. The van der Waals surface area contributed by atoms with Gasteiger partial charge in [0, 0.05) is 19.3 Å². The standard InChI is InChI=1S/C15H18BNO/c1-17(14-5-3-4-13(16)10-14)11-12-6-8-15(18-2)9-7-12/h3-10H,11,16H2,1-2H3. The highest BCUT2D eigenvalue weighted by Crippen LogP contribution is 2.16. The molecule has 0 N–H and O–H groups in total. The summed E-state index contributed by atoms with van der Waals surface area (Å²) in [5.41, 5.74) is 3.81. The molecular formula is C15H18BNO. The Hall–Kier alpha value is -1.90. The van der Waals surface area contributed by atoms with Crippen LogP contribution >= 0.6 is 0 Å². The van der Waals surface area contributed by atoms with Gasteiger partial charge in [0.2, 0.25) is 0 Å². The van der Waals surface area contributed by atoms with Crippen LogP contribution in [0, 0.1) is 0 Å². The van der Waals surface area contributed by atoms with Crippen LogP contribution in [0.2, 0.25) is 0 Å². The minimum Gasteiger partial charge on any atom is -0.497 e. The number of rotatable bonds is 4. The van der Waals surface area contributed by atoms with E-state index in [9.17, 15) is 0 Å². The Morgan fingerprint density at radius 2 is 1.83 bits per heavy atom. The summed E-state index contributed by atoms with van der Waals surface area (Å²) in [4.78, 5) is 2.24. The van der Waals surface area contributed by atoms with Crippen LogP contribution in [0.4, 0.5) is 5.69 Å². The van der Waals surface area contributed by atoms with Gasteiger partial charge < -0.3 is 9.64 Å². The van der Waals surface area contributed by atoms with Gasteiger partial charge >= 0.3 is 0 Å². The van der Waals surface area contributed by atoms with E-state index >= 15 is 0 Å². The Balaban J connectivity index is 2.08. The van der Waals surface area contributed by atoms with Gasteiger partial charge in [-0.05, 0) is 29.8 Å². The van der Waals surface area contributed by atoms with Crippen LogP contribution in [-0.2, 0) is 6.54 Å². The summed E-state index contributed by atoms with van der Waals surface area (Å²) in [6.07, 6.45) is 0. The first-order chi connectivity index (χ1) is 8.69. The zero-order valence-electron chi connectivity index (χ0n) is 11.2. The van der Waals surface area contributed by atoms with E-state index in [0.717, 1.165) is 12.3 Å². The Labute approximate surface area is 110 Å². The lowest BCUT2D eigenvalue weighted by molar-refractivity contribution is 0.414. The molecule has 0 radical (unpaired) electrons. The molecule has 2 aromatic carbocycles. The van der Waals surface area contributed by atoms with E-state index in [-0.39, 0.29) is 0 Å². The van der Waals surface area contributed by atoms with Gasteiger partial charge in [0.1, 0.15) is 13.6 Å². The first kappa shape index (κ1) is 12.6. The lowest BCUT2D eigenvalue weighted by Gasteiger charge is -2.20. The molecule has 3 heteroatoms. The van der Waals surface area contributed by atoms with Crippen LogP contribution in [0.15, 0.2) is 48.5 Å². The van der Waals surface area contributed by atoms with Crippen molar-refractivity contribution < 1.29 is 4.74 Å². The van der Waals surface area contributed by atoms with E-state index in [1.54, 1.807) is 7.11 Å². The van der Waals surface area contributed by atoms with Crippen molar-refractivity contribution in [1.29, 1.82) is 0 Å². The van der Waals surface area contributed by atoms with Gasteiger partial charge in [0.25, 0.3) is 0 Å². The molecule has 18 heavy (non-hydrogen) atoms. The number of hydrogen-bond acceptors (Lipinski definition) is 2. The summed E-state index contributed by atoms with van der Waals surface area (Å²) in [6.45, 7) is 0.896. The number of methoxy groups -OCH3 is 1. The second-order valence-corrected chi connectivity index (χ2v) is 4.54. The minimum atomic E-state index is 0.896. The molecule has 0 aliphatic heterocycles. The van der Waals surface area contributed by atoms with Crippen molar-refractivity contribution in [3.05, 3.63) is 54.1 Å². The molecule has 0 saturated heterocycles. The van der Waals surface area contributed by atoms with Crippen molar-refractivity contribution in [2.75, 3.05) is 19.1 Å². The maximum atomic E-state index is 5.16. The Kier molecular flexibility index (Phi) is 3.93. The smallest absolute Gasteiger partial charge is 0.139 e. The molecule has 2 rings (SSSR count). The van der Waals surface area contributed by atoms with Gasteiger partial charge in [0.15, 0.2) is 0 Å². The molecule has 0 unspecified atom stereocenters. The highest BCUT2D eigenvalue weighted by molar-refractivity contribution is 6.32. The zero-order valence-corrected chi connectivity index (χ0v) is 11.2. The molecule has 0 spiro atoms. The predicted octanol–water partition coefficient (Wildman–Crippen LogP) is 1.59. The molecule has 0 heterocycles. The van der Waals surface area contributed by atoms with E-state index in [1.807, 2.05) is 12.1 Å². The molecule has 0 bridgehead atoms. The molecular weight excluding hydrogens is 221 g/mol. The largest absolute Gasteiger partial charge is 0.497 e. The first-order valence-corrected chi connectivity index (χ1v) is 6.10. The topological polar surface area (TPSA) is 12.5 Å². The predicted molar refractivity (Wildman–Crippen MR) is 79.7 cm³/mol. The molecule has 2 nitrogen and oxygen atoms in total. The molecule has 0 aliphatic rings. The summed E-state index contributed by atoms with van der Waals surface area (Å²) in [7, 11) is 5.91. The number of ether oxygens (including phenoxy) is 1. The van der Waals surface area contributed by atoms with Crippen LogP contribution in [-0.4, -0.2) is 22.0 Å². The molecule has 0 saturated carbocycles. The lowest BCUT2D eigenvalue weighted by Crippen LogP contribution is -2.18. The summed E-state index contributed by atoms with van der Waals surface area (Å²) in [5, 5.41) is 0. The second-order valence-electron chi connectivity index (χ2n) is 4.54. The fourth-order valence-electron chi connectivity index (χ4n) is 1.96. The Morgan fingerprint density at radius 1 is 1.11 bits per heavy atom. The van der Waals surface area contributed by atoms with Crippen LogP contribution in [0.5, 0.6) is 5.75 Å². The third-order valence-electron chi connectivity index (χ3n) is 3.02.